The van der Waals surface area contributed by atoms with E-state index >= 15 is 0 Å². The molecule has 0 saturated heterocycles. The van der Waals surface area contributed by atoms with E-state index in [2.05, 4.69) is 30.9 Å². The number of nitriles is 1. The van der Waals surface area contributed by atoms with Gasteiger partial charge >= 0.3 is 0 Å². The van der Waals surface area contributed by atoms with E-state index in [4.69, 9.17) is 11.6 Å². The summed E-state index contributed by atoms with van der Waals surface area (Å²) in [4.78, 5) is 7.56. The van der Waals surface area contributed by atoms with Crippen LogP contribution in [-0.2, 0) is 6.54 Å². The van der Waals surface area contributed by atoms with Crippen LogP contribution in [0.1, 0.15) is 24.2 Å². The first-order chi connectivity index (χ1) is 19.6. The summed E-state index contributed by atoms with van der Waals surface area (Å²) in [5.74, 6) is -3.09. The molecule has 0 fully saturated rings. The molecule has 0 saturated carbocycles. The van der Waals surface area contributed by atoms with Gasteiger partial charge in [0.1, 0.15) is 24.1 Å². The fraction of sp³-hybridized carbons (Fsp3) is 0.115. The number of halogens is 6. The van der Waals surface area contributed by atoms with Crippen LogP contribution < -0.4 is 10.6 Å². The number of aromatic nitrogens is 5. The number of nitrogens with one attached hydrogen (secondary N) is 2. The molecule has 14 heteroatoms. The van der Waals surface area contributed by atoms with Crippen molar-refractivity contribution >= 4 is 39.6 Å². The molecule has 0 aliphatic rings. The molecule has 40 heavy (non-hydrogen) atoms. The third-order valence-electron chi connectivity index (χ3n) is 5.63. The van der Waals surface area contributed by atoms with E-state index < -0.39 is 36.6 Å². The van der Waals surface area contributed by atoms with Gasteiger partial charge in [-0.25, -0.2) is 27.2 Å². The average Bonchev–Trinajstić information content (AvgIpc) is 3.40. The topological polar surface area (TPSA) is 104 Å². The number of hydrogen-bond donors (Lipinski definition) is 2. The van der Waals surface area contributed by atoms with Gasteiger partial charge in [0.15, 0.2) is 5.82 Å². The minimum atomic E-state index is -2.72. The third-order valence-corrected chi connectivity index (χ3v) is 5.92. The van der Waals surface area contributed by atoms with Crippen molar-refractivity contribution in [2.45, 2.75) is 19.0 Å². The molecule has 5 aromatic rings. The van der Waals surface area contributed by atoms with Gasteiger partial charge in [-0.1, -0.05) is 28.9 Å². The molecule has 3 heterocycles. The van der Waals surface area contributed by atoms with Gasteiger partial charge in [0.25, 0.3) is 6.43 Å². The number of alkyl halides is 2. The minimum Gasteiger partial charge on any atom is -0.373 e. The van der Waals surface area contributed by atoms with Gasteiger partial charge in [-0.2, -0.15) is 9.65 Å². The maximum Gasteiger partial charge on any atom is 0.257 e. The molecule has 3 aromatic heterocycles. The summed E-state index contributed by atoms with van der Waals surface area (Å²) in [6.45, 7) is -0.759. The summed E-state index contributed by atoms with van der Waals surface area (Å²) in [6, 6.07) is 8.64. The van der Waals surface area contributed by atoms with Crippen LogP contribution in [0.3, 0.4) is 0 Å². The van der Waals surface area contributed by atoms with Crippen molar-refractivity contribution in [3.05, 3.63) is 100 Å². The lowest BCUT2D eigenvalue weighted by molar-refractivity contribution is 0.121. The molecule has 5 rings (SSSR count). The highest BCUT2D eigenvalue weighted by Gasteiger charge is 2.21. The van der Waals surface area contributed by atoms with Gasteiger partial charge < -0.3 is 10.6 Å². The monoisotopic (exact) mass is 571 g/mol. The van der Waals surface area contributed by atoms with Gasteiger partial charge in [-0.3, -0.25) is 4.98 Å². The van der Waals surface area contributed by atoms with Crippen LogP contribution in [0.2, 0.25) is 5.02 Å². The van der Waals surface area contributed by atoms with Crippen molar-refractivity contribution in [3.8, 4) is 6.07 Å². The molecule has 0 amide bonds. The van der Waals surface area contributed by atoms with E-state index in [9.17, 15) is 28.6 Å². The highest BCUT2D eigenvalue weighted by Crippen LogP contribution is 2.36. The van der Waals surface area contributed by atoms with Crippen molar-refractivity contribution < 1.29 is 23.3 Å². The molecule has 1 atom stereocenters. The molecule has 8 nitrogen and oxygen atoms in total. The second-order valence-corrected chi connectivity index (χ2v) is 8.77. The summed E-state index contributed by atoms with van der Waals surface area (Å²) >= 11 is 6.52. The molecule has 2 N–H and O–H groups in total. The van der Waals surface area contributed by atoms with E-state index in [0.717, 1.165) is 35.3 Å². The SMILES string of the molecule is [2H][C@@](Nc1cc(Cl)c2ncc(C#N)c(Nc3cnc(F)c(F)c3)c2c1)(c1ccc(F)cc1)c1cn(CC(F)F)nn1. The van der Waals surface area contributed by atoms with Crippen LogP contribution in [0.4, 0.5) is 39.0 Å². The van der Waals surface area contributed by atoms with Gasteiger partial charge in [-0.05, 0) is 29.8 Å². The quantitative estimate of drug-likeness (QED) is 0.165. The standard InChI is InChI=1S/C26H16ClF5N8/c27-19-6-16(36-24(13-1-3-15(28)4-2-13)21-11-40(39-38-21)12-22(30)31)5-18-23(14(8-33)9-34-25(18)19)37-17-7-20(29)26(32)35-10-17/h1-7,9-11,22,24,36H,12H2,(H,34,37)/t24-/m1/s1/i24D. The number of anilines is 3. The molecule has 0 bridgehead atoms. The normalized spacial score (nSPS) is 13.1. The molecule has 2 aromatic carbocycles. The van der Waals surface area contributed by atoms with Gasteiger partial charge in [-0.15, -0.1) is 5.10 Å². The fourth-order valence-electron chi connectivity index (χ4n) is 3.87. The molecule has 0 spiro atoms. The Balaban J connectivity index is 1.64. The Morgan fingerprint density at radius 1 is 1.05 bits per heavy atom. The zero-order chi connectivity index (χ0) is 29.3. The molecule has 0 unspecified atom stereocenters. The Bertz CT molecular complexity index is 1790. The Kier molecular flexibility index (Phi) is 7.07. The number of fused-ring (bicyclic) bond motifs is 1. The highest BCUT2D eigenvalue weighted by molar-refractivity contribution is 6.36. The van der Waals surface area contributed by atoms with Crippen LogP contribution in [-0.4, -0.2) is 31.4 Å². The van der Waals surface area contributed by atoms with E-state index in [1.165, 1.54) is 30.5 Å². The van der Waals surface area contributed by atoms with E-state index in [1.54, 1.807) is 0 Å². The summed E-state index contributed by atoms with van der Waals surface area (Å²) in [5.41, 5.74) is 0.713. The number of nitrogens with zero attached hydrogens (tertiary/aromatic N) is 6. The lowest BCUT2D eigenvalue weighted by Gasteiger charge is -2.20. The maximum atomic E-state index is 13.8. The zero-order valence-electron chi connectivity index (χ0n) is 21.0. The first kappa shape index (κ1) is 25.4. The van der Waals surface area contributed by atoms with E-state index in [1.807, 2.05) is 6.07 Å². The Hall–Kier alpha value is -4.83. The zero-order valence-corrected chi connectivity index (χ0v) is 20.8. The van der Waals surface area contributed by atoms with Gasteiger partial charge in [0, 0.05) is 23.3 Å². The van der Waals surface area contributed by atoms with Crippen LogP contribution in [0.15, 0.2) is 61.1 Å². The number of benzene rings is 2. The van der Waals surface area contributed by atoms with Crippen molar-refractivity contribution in [1.82, 2.24) is 25.0 Å². The predicted molar refractivity (Wildman–Crippen MR) is 137 cm³/mol. The molecule has 0 aliphatic carbocycles. The minimum absolute atomic E-state index is 0.0270. The van der Waals surface area contributed by atoms with Crippen molar-refractivity contribution in [1.29, 1.82) is 5.26 Å². The fourth-order valence-corrected chi connectivity index (χ4v) is 4.14. The van der Waals surface area contributed by atoms with Crippen molar-refractivity contribution in [2.24, 2.45) is 0 Å². The van der Waals surface area contributed by atoms with Crippen LogP contribution in [0.5, 0.6) is 0 Å². The molecular formula is C26H16ClF5N8. The van der Waals surface area contributed by atoms with Gasteiger partial charge in [0.05, 0.1) is 47.3 Å². The Morgan fingerprint density at radius 2 is 1.82 bits per heavy atom. The van der Waals surface area contributed by atoms with E-state index in [-0.39, 0.29) is 49.8 Å². The molecule has 0 radical (unpaired) electrons. The molecule has 202 valence electrons. The number of hydrogen-bond acceptors (Lipinski definition) is 7. The second kappa shape index (κ2) is 11.1. The van der Waals surface area contributed by atoms with Crippen LogP contribution >= 0.6 is 11.6 Å². The highest BCUT2D eigenvalue weighted by atomic mass is 35.5. The third kappa shape index (κ3) is 5.62. The second-order valence-electron chi connectivity index (χ2n) is 8.36. The first-order valence-electron chi connectivity index (χ1n) is 11.9. The smallest absolute Gasteiger partial charge is 0.257 e. The Morgan fingerprint density at radius 3 is 2.52 bits per heavy atom. The van der Waals surface area contributed by atoms with Gasteiger partial charge in [0.2, 0.25) is 5.95 Å². The first-order valence-corrected chi connectivity index (χ1v) is 11.8. The predicted octanol–water partition coefficient (Wildman–Crippen LogP) is 6.37. The summed E-state index contributed by atoms with van der Waals surface area (Å²) < 4.78 is 77.0. The average molecular weight is 572 g/mol. The summed E-state index contributed by atoms with van der Waals surface area (Å²) in [7, 11) is 0. The largest absolute Gasteiger partial charge is 0.373 e. The van der Waals surface area contributed by atoms with Crippen molar-refractivity contribution in [3.63, 3.8) is 0 Å². The lowest BCUT2D eigenvalue weighted by atomic mass is 10.0. The maximum absolute atomic E-state index is 13.8. The number of rotatable bonds is 8. The molecular weight excluding hydrogens is 555 g/mol. The van der Waals surface area contributed by atoms with Crippen molar-refractivity contribution in [2.75, 3.05) is 10.6 Å². The van der Waals surface area contributed by atoms with Crippen LogP contribution in [0, 0.1) is 28.9 Å². The lowest BCUT2D eigenvalue weighted by Crippen LogP contribution is -2.13. The molecule has 0 aliphatic heterocycles. The number of pyridine rings is 2. The summed E-state index contributed by atoms with van der Waals surface area (Å²) in [6.07, 6.45) is 0.712. The van der Waals surface area contributed by atoms with Crippen LogP contribution in [0.25, 0.3) is 10.9 Å². The Labute approximate surface area is 229 Å². The van der Waals surface area contributed by atoms with E-state index in [0.29, 0.717) is 0 Å². The summed E-state index contributed by atoms with van der Waals surface area (Å²) in [5, 5.41) is 23.4.